The molecular formula is C15H29NO2. The van der Waals surface area contributed by atoms with Crippen LogP contribution in [0.2, 0.25) is 0 Å². The minimum Gasteiger partial charge on any atom is -0.381 e. The first-order valence-corrected chi connectivity index (χ1v) is 7.63. The van der Waals surface area contributed by atoms with Crippen LogP contribution in [0, 0.1) is 11.3 Å². The van der Waals surface area contributed by atoms with Gasteiger partial charge in [-0.15, -0.1) is 0 Å². The van der Waals surface area contributed by atoms with Gasteiger partial charge in [-0.3, -0.25) is 0 Å². The first-order chi connectivity index (χ1) is 8.70. The van der Waals surface area contributed by atoms with Gasteiger partial charge >= 0.3 is 0 Å². The topological polar surface area (TPSA) is 30.5 Å². The SMILES string of the molecule is CCCNC1CC(OCC2CCOC2)C1(C)CC. The molecule has 1 saturated carbocycles. The van der Waals surface area contributed by atoms with Gasteiger partial charge in [-0.05, 0) is 32.2 Å². The Labute approximate surface area is 112 Å². The first-order valence-electron chi connectivity index (χ1n) is 7.63. The Morgan fingerprint density at radius 3 is 2.83 bits per heavy atom. The van der Waals surface area contributed by atoms with Gasteiger partial charge in [-0.1, -0.05) is 20.8 Å². The lowest BCUT2D eigenvalue weighted by atomic mass is 9.61. The second-order valence-electron chi connectivity index (χ2n) is 6.15. The lowest BCUT2D eigenvalue weighted by molar-refractivity contribution is -0.136. The summed E-state index contributed by atoms with van der Waals surface area (Å²) in [7, 11) is 0. The van der Waals surface area contributed by atoms with E-state index in [0.29, 0.717) is 23.5 Å². The number of ether oxygens (including phenoxy) is 2. The van der Waals surface area contributed by atoms with Crippen LogP contribution in [0.3, 0.4) is 0 Å². The van der Waals surface area contributed by atoms with E-state index < -0.39 is 0 Å². The molecule has 1 N–H and O–H groups in total. The summed E-state index contributed by atoms with van der Waals surface area (Å²) in [6.07, 6.45) is 5.20. The highest BCUT2D eigenvalue weighted by Gasteiger charge is 2.50. The van der Waals surface area contributed by atoms with Gasteiger partial charge in [0.15, 0.2) is 0 Å². The van der Waals surface area contributed by atoms with Gasteiger partial charge in [-0.25, -0.2) is 0 Å². The number of hydrogen-bond donors (Lipinski definition) is 1. The minimum atomic E-state index is 0.328. The molecule has 0 aromatic heterocycles. The van der Waals surface area contributed by atoms with Gasteiger partial charge in [0.05, 0.1) is 19.3 Å². The molecule has 18 heavy (non-hydrogen) atoms. The van der Waals surface area contributed by atoms with Crippen LogP contribution >= 0.6 is 0 Å². The van der Waals surface area contributed by atoms with Crippen LogP contribution in [0.4, 0.5) is 0 Å². The van der Waals surface area contributed by atoms with Crippen molar-refractivity contribution in [1.82, 2.24) is 5.32 Å². The van der Waals surface area contributed by atoms with E-state index in [-0.39, 0.29) is 0 Å². The number of rotatable bonds is 7. The van der Waals surface area contributed by atoms with E-state index >= 15 is 0 Å². The molecule has 1 aliphatic carbocycles. The summed E-state index contributed by atoms with van der Waals surface area (Å²) in [5, 5.41) is 3.66. The molecule has 0 bridgehead atoms. The summed E-state index contributed by atoms with van der Waals surface area (Å²) in [5.41, 5.74) is 0.328. The molecule has 1 aliphatic heterocycles. The van der Waals surface area contributed by atoms with Crippen molar-refractivity contribution in [3.8, 4) is 0 Å². The highest BCUT2D eigenvalue weighted by molar-refractivity contribution is 5.04. The fraction of sp³-hybridized carbons (Fsp3) is 1.00. The molecule has 2 fully saturated rings. The minimum absolute atomic E-state index is 0.328. The predicted octanol–water partition coefficient (Wildman–Crippen LogP) is 2.60. The summed E-state index contributed by atoms with van der Waals surface area (Å²) < 4.78 is 11.6. The van der Waals surface area contributed by atoms with Gasteiger partial charge in [0.2, 0.25) is 0 Å². The largest absolute Gasteiger partial charge is 0.381 e. The molecule has 3 heteroatoms. The molecule has 2 rings (SSSR count). The second kappa shape index (κ2) is 6.36. The van der Waals surface area contributed by atoms with Crippen LogP contribution in [-0.4, -0.2) is 38.5 Å². The van der Waals surface area contributed by atoms with Crippen molar-refractivity contribution in [3.63, 3.8) is 0 Å². The van der Waals surface area contributed by atoms with Crippen molar-refractivity contribution < 1.29 is 9.47 Å². The molecule has 3 nitrogen and oxygen atoms in total. The molecule has 2 aliphatic rings. The molecule has 0 aromatic rings. The maximum Gasteiger partial charge on any atom is 0.0658 e. The van der Waals surface area contributed by atoms with E-state index in [4.69, 9.17) is 9.47 Å². The fourth-order valence-electron chi connectivity index (χ4n) is 3.15. The van der Waals surface area contributed by atoms with Gasteiger partial charge in [0.25, 0.3) is 0 Å². The smallest absolute Gasteiger partial charge is 0.0658 e. The Kier molecular flexibility index (Phi) is 5.05. The Morgan fingerprint density at radius 1 is 1.39 bits per heavy atom. The van der Waals surface area contributed by atoms with Crippen molar-refractivity contribution in [2.75, 3.05) is 26.4 Å². The van der Waals surface area contributed by atoms with Crippen molar-refractivity contribution in [2.24, 2.45) is 11.3 Å². The van der Waals surface area contributed by atoms with Crippen LogP contribution in [0.1, 0.15) is 46.5 Å². The average Bonchev–Trinajstić information content (AvgIpc) is 2.89. The summed E-state index contributed by atoms with van der Waals surface area (Å²) in [6, 6.07) is 0.646. The van der Waals surface area contributed by atoms with E-state index in [1.165, 1.54) is 25.7 Å². The molecule has 106 valence electrons. The van der Waals surface area contributed by atoms with Crippen LogP contribution in [0.5, 0.6) is 0 Å². The van der Waals surface area contributed by atoms with E-state index in [1.807, 2.05) is 0 Å². The molecule has 0 aromatic carbocycles. The standard InChI is InChI=1S/C15H29NO2/c1-4-7-16-13-9-14(15(13,3)5-2)18-11-12-6-8-17-10-12/h12-14,16H,4-11H2,1-3H3. The van der Waals surface area contributed by atoms with E-state index in [1.54, 1.807) is 0 Å². The molecule has 4 atom stereocenters. The van der Waals surface area contributed by atoms with Crippen molar-refractivity contribution in [2.45, 2.75) is 58.6 Å². The molecular weight excluding hydrogens is 226 g/mol. The Morgan fingerprint density at radius 2 is 2.22 bits per heavy atom. The van der Waals surface area contributed by atoms with Gasteiger partial charge in [-0.2, -0.15) is 0 Å². The Hall–Kier alpha value is -0.120. The van der Waals surface area contributed by atoms with Crippen LogP contribution in [0.15, 0.2) is 0 Å². The van der Waals surface area contributed by atoms with Crippen molar-refractivity contribution in [1.29, 1.82) is 0 Å². The highest BCUT2D eigenvalue weighted by atomic mass is 16.5. The van der Waals surface area contributed by atoms with E-state index in [2.05, 4.69) is 26.1 Å². The van der Waals surface area contributed by atoms with E-state index in [9.17, 15) is 0 Å². The summed E-state index contributed by atoms with van der Waals surface area (Å²) >= 11 is 0. The second-order valence-corrected chi connectivity index (χ2v) is 6.15. The maximum atomic E-state index is 6.16. The quantitative estimate of drug-likeness (QED) is 0.758. The van der Waals surface area contributed by atoms with Gasteiger partial charge in [0.1, 0.15) is 0 Å². The normalized spacial score (nSPS) is 39.8. The Bertz CT molecular complexity index is 253. The van der Waals surface area contributed by atoms with Gasteiger partial charge in [0, 0.05) is 24.0 Å². The van der Waals surface area contributed by atoms with Crippen LogP contribution < -0.4 is 5.32 Å². The Balaban J connectivity index is 1.75. The highest BCUT2D eigenvalue weighted by Crippen LogP contribution is 2.46. The molecule has 4 unspecified atom stereocenters. The fourth-order valence-corrected chi connectivity index (χ4v) is 3.15. The van der Waals surface area contributed by atoms with Gasteiger partial charge < -0.3 is 14.8 Å². The zero-order chi connectivity index (χ0) is 13.0. The lowest BCUT2D eigenvalue weighted by Crippen LogP contribution is -2.62. The molecule has 1 heterocycles. The van der Waals surface area contributed by atoms with Crippen LogP contribution in [0.25, 0.3) is 0 Å². The summed E-state index contributed by atoms with van der Waals surface area (Å²) in [6.45, 7) is 10.7. The summed E-state index contributed by atoms with van der Waals surface area (Å²) in [5.74, 6) is 0.633. The number of nitrogens with one attached hydrogen (secondary N) is 1. The summed E-state index contributed by atoms with van der Waals surface area (Å²) in [4.78, 5) is 0. The average molecular weight is 255 g/mol. The predicted molar refractivity (Wildman–Crippen MR) is 73.8 cm³/mol. The molecule has 0 radical (unpaired) electrons. The zero-order valence-electron chi connectivity index (χ0n) is 12.2. The third-order valence-corrected chi connectivity index (χ3v) is 4.94. The maximum absolute atomic E-state index is 6.16. The van der Waals surface area contributed by atoms with Crippen molar-refractivity contribution in [3.05, 3.63) is 0 Å². The molecule has 0 spiro atoms. The first kappa shape index (κ1) is 14.3. The third kappa shape index (κ3) is 2.89. The third-order valence-electron chi connectivity index (χ3n) is 4.94. The van der Waals surface area contributed by atoms with Crippen LogP contribution in [-0.2, 0) is 9.47 Å². The van der Waals surface area contributed by atoms with E-state index in [0.717, 1.165) is 26.4 Å². The molecule has 0 amide bonds. The molecule has 1 saturated heterocycles. The van der Waals surface area contributed by atoms with Crippen molar-refractivity contribution >= 4 is 0 Å². The zero-order valence-corrected chi connectivity index (χ0v) is 12.2. The number of hydrogen-bond acceptors (Lipinski definition) is 3. The monoisotopic (exact) mass is 255 g/mol. The lowest BCUT2D eigenvalue weighted by Gasteiger charge is -2.54.